The van der Waals surface area contributed by atoms with Gasteiger partial charge in [0.15, 0.2) is 0 Å². The zero-order valence-corrected chi connectivity index (χ0v) is 11.3. The fraction of sp³-hybridized carbons (Fsp3) is 0.200. The van der Waals surface area contributed by atoms with Crippen molar-refractivity contribution in [2.24, 2.45) is 0 Å². The molecule has 0 aliphatic heterocycles. The molecule has 0 aliphatic rings. The quantitative estimate of drug-likeness (QED) is 0.794. The van der Waals surface area contributed by atoms with E-state index >= 15 is 0 Å². The van der Waals surface area contributed by atoms with Crippen LogP contribution in [0.1, 0.15) is 16.7 Å². The molecule has 2 aromatic rings. The number of hydrogen-bond acceptors (Lipinski definition) is 2. The molecule has 0 aromatic heterocycles. The lowest BCUT2D eigenvalue weighted by Gasteiger charge is -2.08. The smallest absolute Gasteiger partial charge is 0.0456 e. The van der Waals surface area contributed by atoms with Crippen LogP contribution in [-0.4, -0.2) is 0 Å². The number of benzene rings is 2. The first-order valence-corrected chi connectivity index (χ1v) is 6.49. The van der Waals surface area contributed by atoms with Crippen molar-refractivity contribution in [2.45, 2.75) is 30.6 Å². The average molecular weight is 243 g/mol. The standard InChI is InChI=1S/C15H17NS/c1-10-4-7-14(16)15(8-10)17-13-6-5-11(2)12(3)9-13/h4-9H,16H2,1-3H3. The van der Waals surface area contributed by atoms with Gasteiger partial charge in [-0.25, -0.2) is 0 Å². The summed E-state index contributed by atoms with van der Waals surface area (Å²) in [5, 5.41) is 0. The Morgan fingerprint density at radius 1 is 0.882 bits per heavy atom. The van der Waals surface area contributed by atoms with E-state index in [9.17, 15) is 0 Å². The monoisotopic (exact) mass is 243 g/mol. The second-order valence-electron chi connectivity index (χ2n) is 4.39. The topological polar surface area (TPSA) is 26.0 Å². The van der Waals surface area contributed by atoms with Gasteiger partial charge in [-0.15, -0.1) is 0 Å². The summed E-state index contributed by atoms with van der Waals surface area (Å²) in [4.78, 5) is 2.37. The Bertz CT molecular complexity index is 547. The summed E-state index contributed by atoms with van der Waals surface area (Å²) in [6.07, 6.45) is 0. The van der Waals surface area contributed by atoms with Gasteiger partial charge in [0.25, 0.3) is 0 Å². The molecule has 88 valence electrons. The fourth-order valence-corrected chi connectivity index (χ4v) is 2.69. The third kappa shape index (κ3) is 2.83. The summed E-state index contributed by atoms with van der Waals surface area (Å²) in [5.74, 6) is 0. The summed E-state index contributed by atoms with van der Waals surface area (Å²) < 4.78 is 0. The van der Waals surface area contributed by atoms with Gasteiger partial charge >= 0.3 is 0 Å². The van der Waals surface area contributed by atoms with E-state index in [0.717, 1.165) is 10.6 Å². The van der Waals surface area contributed by atoms with Gasteiger partial charge in [0.05, 0.1) is 0 Å². The zero-order chi connectivity index (χ0) is 12.4. The number of anilines is 1. The molecule has 2 aromatic carbocycles. The highest BCUT2D eigenvalue weighted by molar-refractivity contribution is 7.99. The van der Waals surface area contributed by atoms with Crippen LogP contribution in [0.15, 0.2) is 46.2 Å². The van der Waals surface area contributed by atoms with Gasteiger partial charge in [0.1, 0.15) is 0 Å². The third-order valence-corrected chi connectivity index (χ3v) is 3.94. The predicted molar refractivity (Wildman–Crippen MR) is 75.6 cm³/mol. The van der Waals surface area contributed by atoms with Crippen LogP contribution in [0.3, 0.4) is 0 Å². The van der Waals surface area contributed by atoms with Crippen LogP contribution in [0.5, 0.6) is 0 Å². The lowest BCUT2D eigenvalue weighted by Crippen LogP contribution is -1.89. The number of rotatable bonds is 2. The van der Waals surface area contributed by atoms with Crippen molar-refractivity contribution in [2.75, 3.05) is 5.73 Å². The van der Waals surface area contributed by atoms with Crippen molar-refractivity contribution < 1.29 is 0 Å². The molecule has 0 unspecified atom stereocenters. The van der Waals surface area contributed by atoms with Crippen LogP contribution < -0.4 is 5.73 Å². The average Bonchev–Trinajstić information content (AvgIpc) is 2.29. The maximum absolute atomic E-state index is 5.98. The maximum atomic E-state index is 5.98. The van der Waals surface area contributed by atoms with Crippen LogP contribution in [-0.2, 0) is 0 Å². The van der Waals surface area contributed by atoms with Crippen LogP contribution in [0.2, 0.25) is 0 Å². The maximum Gasteiger partial charge on any atom is 0.0456 e. The molecule has 0 atom stereocenters. The molecule has 0 bridgehead atoms. The van der Waals surface area contributed by atoms with Crippen LogP contribution in [0.4, 0.5) is 5.69 Å². The molecule has 2 N–H and O–H groups in total. The Labute approximate surface area is 107 Å². The summed E-state index contributed by atoms with van der Waals surface area (Å²) in [5.41, 5.74) is 10.7. The summed E-state index contributed by atoms with van der Waals surface area (Å²) in [7, 11) is 0. The van der Waals surface area contributed by atoms with Crippen LogP contribution >= 0.6 is 11.8 Å². The second kappa shape index (κ2) is 4.84. The predicted octanol–water partition coefficient (Wildman–Crippen LogP) is 4.35. The van der Waals surface area contributed by atoms with E-state index in [1.54, 1.807) is 11.8 Å². The van der Waals surface area contributed by atoms with E-state index < -0.39 is 0 Å². The minimum atomic E-state index is 0.846. The van der Waals surface area contributed by atoms with E-state index in [1.165, 1.54) is 21.6 Å². The first kappa shape index (κ1) is 12.1. The normalized spacial score (nSPS) is 10.5. The van der Waals surface area contributed by atoms with Gasteiger partial charge in [-0.05, 0) is 61.7 Å². The number of hydrogen-bond donors (Lipinski definition) is 1. The largest absolute Gasteiger partial charge is 0.398 e. The van der Waals surface area contributed by atoms with Gasteiger partial charge in [-0.1, -0.05) is 23.9 Å². The lowest BCUT2D eigenvalue weighted by atomic mass is 10.1. The number of nitrogen functional groups attached to an aromatic ring is 1. The van der Waals surface area contributed by atoms with Crippen molar-refractivity contribution in [3.63, 3.8) is 0 Å². The van der Waals surface area contributed by atoms with Crippen molar-refractivity contribution in [1.82, 2.24) is 0 Å². The molecule has 0 aliphatic carbocycles. The first-order valence-electron chi connectivity index (χ1n) is 5.67. The molecule has 0 amide bonds. The summed E-state index contributed by atoms with van der Waals surface area (Å²) in [6.45, 7) is 6.35. The highest BCUT2D eigenvalue weighted by Crippen LogP contribution is 2.33. The molecule has 0 spiro atoms. The zero-order valence-electron chi connectivity index (χ0n) is 10.4. The van der Waals surface area contributed by atoms with Gasteiger partial charge in [-0.3, -0.25) is 0 Å². The summed E-state index contributed by atoms with van der Waals surface area (Å²) >= 11 is 1.73. The Hall–Kier alpha value is -1.41. The number of nitrogens with two attached hydrogens (primary N) is 1. The van der Waals surface area contributed by atoms with Gasteiger partial charge < -0.3 is 5.73 Å². The molecule has 0 saturated heterocycles. The Balaban J connectivity index is 2.31. The Morgan fingerprint density at radius 3 is 2.35 bits per heavy atom. The van der Waals surface area contributed by atoms with Crippen molar-refractivity contribution in [3.05, 3.63) is 53.1 Å². The van der Waals surface area contributed by atoms with Gasteiger partial charge in [-0.2, -0.15) is 0 Å². The minimum Gasteiger partial charge on any atom is -0.398 e. The minimum absolute atomic E-state index is 0.846. The molecule has 0 heterocycles. The third-order valence-electron chi connectivity index (χ3n) is 2.88. The van der Waals surface area contributed by atoms with Crippen LogP contribution in [0, 0.1) is 20.8 Å². The summed E-state index contributed by atoms with van der Waals surface area (Å²) in [6, 6.07) is 12.7. The highest BCUT2D eigenvalue weighted by atomic mass is 32.2. The van der Waals surface area contributed by atoms with E-state index in [1.807, 2.05) is 12.1 Å². The van der Waals surface area contributed by atoms with E-state index in [0.29, 0.717) is 0 Å². The Morgan fingerprint density at radius 2 is 1.65 bits per heavy atom. The van der Waals surface area contributed by atoms with Crippen LogP contribution in [0.25, 0.3) is 0 Å². The Kier molecular flexibility index (Phi) is 3.43. The molecule has 0 saturated carbocycles. The second-order valence-corrected chi connectivity index (χ2v) is 5.50. The SMILES string of the molecule is Cc1ccc(N)c(Sc2ccc(C)c(C)c2)c1. The van der Waals surface area contributed by atoms with Gasteiger partial charge in [0, 0.05) is 15.5 Å². The highest BCUT2D eigenvalue weighted by Gasteiger charge is 2.03. The first-order chi connectivity index (χ1) is 8.06. The molecule has 2 rings (SSSR count). The van der Waals surface area contributed by atoms with Crippen molar-refractivity contribution >= 4 is 17.4 Å². The molecule has 0 radical (unpaired) electrons. The lowest BCUT2D eigenvalue weighted by molar-refractivity contribution is 1.27. The molecule has 2 heteroatoms. The van der Waals surface area contributed by atoms with Gasteiger partial charge in [0.2, 0.25) is 0 Å². The fourth-order valence-electron chi connectivity index (χ4n) is 1.63. The van der Waals surface area contributed by atoms with Crippen molar-refractivity contribution in [1.29, 1.82) is 0 Å². The molecule has 1 nitrogen and oxygen atoms in total. The van der Waals surface area contributed by atoms with E-state index in [-0.39, 0.29) is 0 Å². The molecule has 0 fully saturated rings. The van der Waals surface area contributed by atoms with Crippen molar-refractivity contribution in [3.8, 4) is 0 Å². The number of aryl methyl sites for hydroxylation is 3. The van der Waals surface area contributed by atoms with E-state index in [4.69, 9.17) is 5.73 Å². The van der Waals surface area contributed by atoms with E-state index in [2.05, 4.69) is 45.0 Å². The molecule has 17 heavy (non-hydrogen) atoms. The molecular formula is C15H17NS. The molecular weight excluding hydrogens is 226 g/mol.